The Morgan fingerprint density at radius 3 is 2.90 bits per heavy atom. The van der Waals surface area contributed by atoms with E-state index >= 15 is 0 Å². The van der Waals surface area contributed by atoms with E-state index in [0.717, 1.165) is 29.6 Å². The minimum atomic E-state index is -0.0491. The first-order valence-electron chi connectivity index (χ1n) is 7.35. The second-order valence-electron chi connectivity index (χ2n) is 5.74. The first kappa shape index (κ1) is 13.0. The third-order valence-corrected chi connectivity index (χ3v) is 4.54. The number of hydrogen-bond donors (Lipinski definition) is 1. The van der Waals surface area contributed by atoms with Crippen LogP contribution in [0, 0.1) is 0 Å². The Bertz CT molecular complexity index is 714. The normalized spacial score (nSPS) is 22.2. The molecule has 1 aliphatic heterocycles. The maximum absolute atomic E-state index is 12.6. The van der Waals surface area contributed by atoms with E-state index in [2.05, 4.69) is 10.3 Å². The van der Waals surface area contributed by atoms with Gasteiger partial charge >= 0.3 is 0 Å². The highest BCUT2D eigenvalue weighted by Gasteiger charge is 2.36. The lowest BCUT2D eigenvalue weighted by molar-refractivity contribution is -0.118. The molecular formula is C16H16ClN3O. The van der Waals surface area contributed by atoms with Crippen molar-refractivity contribution in [2.75, 3.05) is 11.4 Å². The molecule has 0 radical (unpaired) electrons. The van der Waals surface area contributed by atoms with Gasteiger partial charge in [0.15, 0.2) is 0 Å². The Labute approximate surface area is 128 Å². The zero-order valence-corrected chi connectivity index (χ0v) is 12.3. The summed E-state index contributed by atoms with van der Waals surface area (Å²) in [6.07, 6.45) is 4.97. The number of carbonyl (C=O) groups is 1. The predicted molar refractivity (Wildman–Crippen MR) is 83.7 cm³/mol. The molecule has 2 aromatic rings. The Hall–Kier alpha value is -1.65. The Morgan fingerprint density at radius 1 is 1.24 bits per heavy atom. The molecular weight excluding hydrogens is 286 g/mol. The predicted octanol–water partition coefficient (Wildman–Crippen LogP) is 2.75. The Morgan fingerprint density at radius 2 is 2.10 bits per heavy atom. The molecule has 1 saturated carbocycles. The van der Waals surface area contributed by atoms with Gasteiger partial charge in [-0.25, -0.2) is 0 Å². The minimum Gasteiger partial charge on any atom is -0.309 e. The zero-order valence-electron chi connectivity index (χ0n) is 11.6. The quantitative estimate of drug-likeness (QED) is 0.948. The van der Waals surface area contributed by atoms with Gasteiger partial charge in [-0.15, -0.1) is 0 Å². The van der Waals surface area contributed by atoms with Crippen LogP contribution < -0.4 is 10.2 Å². The van der Waals surface area contributed by atoms with Gasteiger partial charge in [0.05, 0.1) is 22.3 Å². The molecule has 4 rings (SSSR count). The van der Waals surface area contributed by atoms with Gasteiger partial charge in [0.2, 0.25) is 5.91 Å². The molecule has 1 unspecified atom stereocenters. The summed E-state index contributed by atoms with van der Waals surface area (Å²) >= 11 is 6.22. The average Bonchev–Trinajstić information content (AvgIpc) is 3.25. The van der Waals surface area contributed by atoms with Crippen molar-refractivity contribution in [3.63, 3.8) is 0 Å². The fourth-order valence-corrected chi connectivity index (χ4v) is 3.16. The SMILES string of the molecule is O=C1C(NC2CC2)CCN1c1ccc(Cl)c2cccnc12. The highest BCUT2D eigenvalue weighted by atomic mass is 35.5. The summed E-state index contributed by atoms with van der Waals surface area (Å²) in [5.74, 6) is 0.149. The number of hydrogen-bond acceptors (Lipinski definition) is 3. The van der Waals surface area contributed by atoms with Gasteiger partial charge in [-0.3, -0.25) is 9.78 Å². The second-order valence-corrected chi connectivity index (χ2v) is 6.15. The molecule has 21 heavy (non-hydrogen) atoms. The number of nitrogens with zero attached hydrogens (tertiary/aromatic N) is 2. The van der Waals surface area contributed by atoms with Gasteiger partial charge < -0.3 is 10.2 Å². The van der Waals surface area contributed by atoms with Crippen LogP contribution in [0.4, 0.5) is 5.69 Å². The van der Waals surface area contributed by atoms with E-state index < -0.39 is 0 Å². The standard InChI is InChI=1S/C16H16ClN3O/c17-12-5-6-14(15-11(12)2-1-8-18-15)20-9-7-13(16(20)21)19-10-3-4-10/h1-2,5-6,8,10,13,19H,3-4,7,9H2. The number of anilines is 1. The van der Waals surface area contributed by atoms with Gasteiger partial charge in [0, 0.05) is 24.2 Å². The van der Waals surface area contributed by atoms with E-state index in [1.807, 2.05) is 29.2 Å². The van der Waals surface area contributed by atoms with Crippen molar-refractivity contribution < 1.29 is 4.79 Å². The number of fused-ring (bicyclic) bond motifs is 1. The lowest BCUT2D eigenvalue weighted by Crippen LogP contribution is -2.39. The van der Waals surface area contributed by atoms with Crippen molar-refractivity contribution >= 4 is 34.1 Å². The molecule has 4 nitrogen and oxygen atoms in total. The first-order valence-corrected chi connectivity index (χ1v) is 7.72. The number of nitrogens with one attached hydrogen (secondary N) is 1. The zero-order chi connectivity index (χ0) is 14.4. The summed E-state index contributed by atoms with van der Waals surface area (Å²) in [5, 5.41) is 4.98. The van der Waals surface area contributed by atoms with Crippen LogP contribution in [0.5, 0.6) is 0 Å². The van der Waals surface area contributed by atoms with Crippen LogP contribution in [0.25, 0.3) is 10.9 Å². The highest BCUT2D eigenvalue weighted by molar-refractivity contribution is 6.36. The van der Waals surface area contributed by atoms with Crippen LogP contribution >= 0.6 is 11.6 Å². The third-order valence-electron chi connectivity index (χ3n) is 4.21. The molecule has 2 fully saturated rings. The van der Waals surface area contributed by atoms with Crippen molar-refractivity contribution in [2.24, 2.45) is 0 Å². The maximum Gasteiger partial charge on any atom is 0.244 e. The summed E-state index contributed by atoms with van der Waals surface area (Å²) in [7, 11) is 0. The van der Waals surface area contributed by atoms with Gasteiger partial charge in [0.1, 0.15) is 0 Å². The summed E-state index contributed by atoms with van der Waals surface area (Å²) in [5.41, 5.74) is 1.66. The number of amides is 1. The number of rotatable bonds is 3. The molecule has 1 atom stereocenters. The summed E-state index contributed by atoms with van der Waals surface area (Å²) in [6, 6.07) is 8.03. The number of pyridine rings is 1. The van der Waals surface area contributed by atoms with E-state index in [-0.39, 0.29) is 11.9 Å². The lowest BCUT2D eigenvalue weighted by atomic mass is 10.1. The summed E-state index contributed by atoms with van der Waals surface area (Å²) in [6.45, 7) is 0.733. The molecule has 1 aromatic heterocycles. The molecule has 1 saturated heterocycles. The molecule has 5 heteroatoms. The van der Waals surface area contributed by atoms with Crippen LogP contribution in [0.2, 0.25) is 5.02 Å². The molecule has 1 aliphatic carbocycles. The van der Waals surface area contributed by atoms with E-state index in [1.54, 1.807) is 6.20 Å². The molecule has 2 heterocycles. The minimum absolute atomic E-state index is 0.0491. The van der Waals surface area contributed by atoms with Crippen LogP contribution in [0.3, 0.4) is 0 Å². The van der Waals surface area contributed by atoms with Crippen molar-refractivity contribution in [2.45, 2.75) is 31.3 Å². The topological polar surface area (TPSA) is 45.2 Å². The molecule has 1 amide bonds. The average molecular weight is 302 g/mol. The highest BCUT2D eigenvalue weighted by Crippen LogP contribution is 2.33. The van der Waals surface area contributed by atoms with E-state index in [9.17, 15) is 4.79 Å². The first-order chi connectivity index (χ1) is 10.2. The largest absolute Gasteiger partial charge is 0.309 e. The molecule has 1 N–H and O–H groups in total. The Kier molecular flexibility index (Phi) is 3.08. The molecule has 0 bridgehead atoms. The van der Waals surface area contributed by atoms with Crippen LogP contribution in [0.15, 0.2) is 30.5 Å². The van der Waals surface area contributed by atoms with E-state index in [1.165, 1.54) is 12.8 Å². The Balaban J connectivity index is 1.70. The number of halogens is 1. The summed E-state index contributed by atoms with van der Waals surface area (Å²) in [4.78, 5) is 18.9. The van der Waals surface area contributed by atoms with Crippen molar-refractivity contribution in [3.8, 4) is 0 Å². The fourth-order valence-electron chi connectivity index (χ4n) is 2.95. The number of aromatic nitrogens is 1. The van der Waals surface area contributed by atoms with Crippen molar-refractivity contribution in [1.82, 2.24) is 10.3 Å². The summed E-state index contributed by atoms with van der Waals surface area (Å²) < 4.78 is 0. The van der Waals surface area contributed by atoms with Gasteiger partial charge in [0.25, 0.3) is 0 Å². The van der Waals surface area contributed by atoms with Crippen LogP contribution in [-0.4, -0.2) is 29.5 Å². The third kappa shape index (κ3) is 2.28. The molecule has 108 valence electrons. The molecule has 0 spiro atoms. The van der Waals surface area contributed by atoms with Gasteiger partial charge in [-0.2, -0.15) is 0 Å². The van der Waals surface area contributed by atoms with Gasteiger partial charge in [-0.05, 0) is 43.5 Å². The van der Waals surface area contributed by atoms with Crippen LogP contribution in [0.1, 0.15) is 19.3 Å². The second kappa shape index (κ2) is 4.97. The monoisotopic (exact) mass is 301 g/mol. The van der Waals surface area contributed by atoms with Gasteiger partial charge in [-0.1, -0.05) is 11.6 Å². The van der Waals surface area contributed by atoms with Crippen LogP contribution in [-0.2, 0) is 4.79 Å². The lowest BCUT2D eigenvalue weighted by Gasteiger charge is -2.19. The maximum atomic E-state index is 12.6. The van der Waals surface area contributed by atoms with E-state index in [4.69, 9.17) is 11.6 Å². The smallest absolute Gasteiger partial charge is 0.244 e. The molecule has 2 aliphatic rings. The number of carbonyl (C=O) groups excluding carboxylic acids is 1. The van der Waals surface area contributed by atoms with Crippen molar-refractivity contribution in [1.29, 1.82) is 0 Å². The fraction of sp³-hybridized carbons (Fsp3) is 0.375. The van der Waals surface area contributed by atoms with Crippen molar-refractivity contribution in [3.05, 3.63) is 35.5 Å². The van der Waals surface area contributed by atoms with E-state index in [0.29, 0.717) is 11.1 Å². The molecule has 1 aromatic carbocycles. The number of benzene rings is 1.